The molecule has 4 rings (SSSR count). The predicted molar refractivity (Wildman–Crippen MR) is 99.0 cm³/mol. The van der Waals surface area contributed by atoms with Gasteiger partial charge in [-0.05, 0) is 18.2 Å². The van der Waals surface area contributed by atoms with Crippen molar-refractivity contribution in [3.8, 4) is 28.8 Å². The van der Waals surface area contributed by atoms with Gasteiger partial charge in [0.15, 0.2) is 16.6 Å². The van der Waals surface area contributed by atoms with Crippen LogP contribution < -0.4 is 14.8 Å². The number of nitrogens with one attached hydrogen (secondary N) is 1. The van der Waals surface area contributed by atoms with E-state index in [-0.39, 0.29) is 5.91 Å². The highest BCUT2D eigenvalue weighted by molar-refractivity contribution is 7.13. The van der Waals surface area contributed by atoms with Gasteiger partial charge in [-0.2, -0.15) is 10.4 Å². The van der Waals surface area contributed by atoms with Crippen LogP contribution in [-0.4, -0.2) is 33.9 Å². The fourth-order valence-electron chi connectivity index (χ4n) is 2.72. The fourth-order valence-corrected chi connectivity index (χ4v) is 3.24. The molecule has 1 aliphatic heterocycles. The molecule has 0 bridgehead atoms. The van der Waals surface area contributed by atoms with Crippen molar-refractivity contribution in [2.24, 2.45) is 0 Å². The Kier molecular flexibility index (Phi) is 4.72. The summed E-state index contributed by atoms with van der Waals surface area (Å²) < 4.78 is 12.8. The molecular weight excluding hydrogens is 366 g/mol. The molecule has 136 valence electrons. The summed E-state index contributed by atoms with van der Waals surface area (Å²) >= 11 is 1.34. The van der Waals surface area contributed by atoms with Crippen molar-refractivity contribution in [2.75, 3.05) is 18.5 Å². The quantitative estimate of drug-likeness (QED) is 0.729. The maximum atomic E-state index is 12.8. The standard InChI is InChI=1S/C18H15N5O3S/c19-4-1-6-23-11-13(17(24)21-18-20-5-9-27-18)16(22-23)12-2-3-14-15(10-12)26-8-7-25-14/h2-3,5,9-11H,1,6-8H2,(H,20,21,24). The van der Waals surface area contributed by atoms with Gasteiger partial charge in [-0.25, -0.2) is 4.98 Å². The van der Waals surface area contributed by atoms with Gasteiger partial charge >= 0.3 is 0 Å². The minimum Gasteiger partial charge on any atom is -0.486 e. The molecule has 0 saturated heterocycles. The Morgan fingerprint density at radius 1 is 1.33 bits per heavy atom. The van der Waals surface area contributed by atoms with Crippen LogP contribution in [0, 0.1) is 11.3 Å². The number of aromatic nitrogens is 3. The molecule has 0 atom stereocenters. The number of anilines is 1. The second-order valence-electron chi connectivity index (χ2n) is 5.71. The fraction of sp³-hybridized carbons (Fsp3) is 0.222. The topological polar surface area (TPSA) is 102 Å². The zero-order chi connectivity index (χ0) is 18.6. The zero-order valence-corrected chi connectivity index (χ0v) is 15.0. The highest BCUT2D eigenvalue weighted by Crippen LogP contribution is 2.35. The lowest BCUT2D eigenvalue weighted by molar-refractivity contribution is 0.102. The van der Waals surface area contributed by atoms with Gasteiger partial charge in [-0.3, -0.25) is 14.8 Å². The molecule has 1 aliphatic rings. The average Bonchev–Trinajstić information content (AvgIpc) is 3.35. The number of hydrogen-bond acceptors (Lipinski definition) is 7. The Bertz CT molecular complexity index is 1010. The summed E-state index contributed by atoms with van der Waals surface area (Å²) in [6, 6.07) is 7.54. The number of carbonyl (C=O) groups is 1. The third-order valence-electron chi connectivity index (χ3n) is 3.93. The van der Waals surface area contributed by atoms with Crippen molar-refractivity contribution < 1.29 is 14.3 Å². The summed E-state index contributed by atoms with van der Waals surface area (Å²) in [5.74, 6) is 0.984. The molecule has 0 spiro atoms. The number of rotatable bonds is 5. The summed E-state index contributed by atoms with van der Waals surface area (Å²) in [7, 11) is 0. The summed E-state index contributed by atoms with van der Waals surface area (Å²) in [4.78, 5) is 16.8. The van der Waals surface area contributed by atoms with Crippen LogP contribution in [0.15, 0.2) is 36.0 Å². The zero-order valence-electron chi connectivity index (χ0n) is 14.2. The van der Waals surface area contributed by atoms with Gasteiger partial charge < -0.3 is 9.47 Å². The SMILES string of the molecule is N#CCCn1cc(C(=O)Nc2nccs2)c(-c2ccc3c(c2)OCCO3)n1. The van der Waals surface area contributed by atoms with E-state index in [2.05, 4.69) is 21.5 Å². The van der Waals surface area contributed by atoms with Crippen LogP contribution in [0.2, 0.25) is 0 Å². The van der Waals surface area contributed by atoms with Crippen LogP contribution in [0.1, 0.15) is 16.8 Å². The van der Waals surface area contributed by atoms with E-state index < -0.39 is 0 Å². The summed E-state index contributed by atoms with van der Waals surface area (Å²) in [6.07, 6.45) is 3.57. The first-order chi connectivity index (χ1) is 13.2. The molecule has 0 aliphatic carbocycles. The maximum absolute atomic E-state index is 12.8. The number of ether oxygens (including phenoxy) is 2. The number of amides is 1. The van der Waals surface area contributed by atoms with Crippen LogP contribution in [-0.2, 0) is 6.54 Å². The molecular formula is C18H15N5O3S. The van der Waals surface area contributed by atoms with Crippen LogP contribution in [0.25, 0.3) is 11.3 Å². The predicted octanol–water partition coefficient (Wildman–Crippen LogP) is 2.94. The van der Waals surface area contributed by atoms with Crippen molar-refractivity contribution >= 4 is 22.4 Å². The number of nitrogens with zero attached hydrogens (tertiary/aromatic N) is 4. The molecule has 3 aromatic rings. The van der Waals surface area contributed by atoms with Crippen LogP contribution in [0.3, 0.4) is 0 Å². The minimum absolute atomic E-state index is 0.301. The molecule has 0 unspecified atom stereocenters. The Morgan fingerprint density at radius 3 is 2.96 bits per heavy atom. The van der Waals surface area contributed by atoms with Crippen molar-refractivity contribution in [1.82, 2.24) is 14.8 Å². The normalized spacial score (nSPS) is 12.4. The van der Waals surface area contributed by atoms with Crippen molar-refractivity contribution in [1.29, 1.82) is 5.26 Å². The van der Waals surface area contributed by atoms with Gasteiger partial charge in [0.2, 0.25) is 0 Å². The Hall–Kier alpha value is -3.38. The maximum Gasteiger partial charge on any atom is 0.261 e. The Labute approximate surface area is 159 Å². The summed E-state index contributed by atoms with van der Waals surface area (Å²) in [5.41, 5.74) is 1.65. The van der Waals surface area contributed by atoms with Crippen LogP contribution in [0.5, 0.6) is 11.5 Å². The van der Waals surface area contributed by atoms with Crippen LogP contribution in [0.4, 0.5) is 5.13 Å². The lowest BCUT2D eigenvalue weighted by atomic mass is 10.1. The molecule has 1 aromatic carbocycles. The van der Waals surface area contributed by atoms with E-state index in [4.69, 9.17) is 14.7 Å². The number of thiazole rings is 1. The number of nitriles is 1. The highest BCUT2D eigenvalue weighted by Gasteiger charge is 2.21. The van der Waals surface area contributed by atoms with E-state index >= 15 is 0 Å². The number of aryl methyl sites for hydroxylation is 1. The van der Waals surface area contributed by atoms with Gasteiger partial charge in [0.1, 0.15) is 18.9 Å². The van der Waals surface area contributed by atoms with Gasteiger partial charge in [0.25, 0.3) is 5.91 Å². The highest BCUT2D eigenvalue weighted by atomic mass is 32.1. The molecule has 1 N–H and O–H groups in total. The second kappa shape index (κ2) is 7.47. The van der Waals surface area contributed by atoms with E-state index in [1.165, 1.54) is 11.3 Å². The minimum atomic E-state index is -0.307. The van der Waals surface area contributed by atoms with E-state index in [0.717, 1.165) is 5.56 Å². The van der Waals surface area contributed by atoms with E-state index in [0.29, 0.717) is 54.1 Å². The molecule has 3 heterocycles. The Morgan fingerprint density at radius 2 is 2.19 bits per heavy atom. The van der Waals surface area contributed by atoms with Gasteiger partial charge in [0, 0.05) is 23.3 Å². The molecule has 8 nitrogen and oxygen atoms in total. The van der Waals surface area contributed by atoms with Crippen molar-refractivity contribution in [3.63, 3.8) is 0 Å². The van der Waals surface area contributed by atoms with Crippen molar-refractivity contribution in [3.05, 3.63) is 41.5 Å². The summed E-state index contributed by atoms with van der Waals surface area (Å²) in [5, 5.41) is 18.4. The van der Waals surface area contributed by atoms with Gasteiger partial charge in [0.05, 0.1) is 24.6 Å². The third-order valence-corrected chi connectivity index (χ3v) is 4.62. The molecule has 0 saturated carbocycles. The first kappa shape index (κ1) is 17.1. The Balaban J connectivity index is 1.70. The number of carbonyl (C=O) groups excluding carboxylic acids is 1. The third kappa shape index (κ3) is 3.61. The monoisotopic (exact) mass is 381 g/mol. The van der Waals surface area contributed by atoms with E-state index in [1.807, 2.05) is 12.1 Å². The molecule has 0 fully saturated rings. The van der Waals surface area contributed by atoms with Crippen LogP contribution >= 0.6 is 11.3 Å². The second-order valence-corrected chi connectivity index (χ2v) is 6.61. The first-order valence-corrected chi connectivity index (χ1v) is 9.18. The smallest absolute Gasteiger partial charge is 0.261 e. The first-order valence-electron chi connectivity index (χ1n) is 8.30. The van der Waals surface area contributed by atoms with E-state index in [9.17, 15) is 4.79 Å². The lowest BCUT2D eigenvalue weighted by Gasteiger charge is -2.18. The van der Waals surface area contributed by atoms with E-state index in [1.54, 1.807) is 28.5 Å². The number of benzene rings is 1. The van der Waals surface area contributed by atoms with Crippen molar-refractivity contribution in [2.45, 2.75) is 13.0 Å². The lowest BCUT2D eigenvalue weighted by Crippen LogP contribution is -2.15. The average molecular weight is 381 g/mol. The largest absolute Gasteiger partial charge is 0.486 e. The number of fused-ring (bicyclic) bond motifs is 1. The van der Waals surface area contributed by atoms with Gasteiger partial charge in [-0.1, -0.05) is 0 Å². The molecule has 1 amide bonds. The summed E-state index contributed by atoms with van der Waals surface area (Å²) in [6.45, 7) is 1.39. The van der Waals surface area contributed by atoms with Gasteiger partial charge in [-0.15, -0.1) is 11.3 Å². The molecule has 27 heavy (non-hydrogen) atoms. The molecule has 9 heteroatoms. The molecule has 2 aromatic heterocycles. The number of hydrogen-bond donors (Lipinski definition) is 1. The molecule has 0 radical (unpaired) electrons.